The Hall–Kier alpha value is -3.58. The minimum atomic E-state index is -1.62. The molecule has 1 saturated heterocycles. The lowest BCUT2D eigenvalue weighted by Gasteiger charge is -2.47. The van der Waals surface area contributed by atoms with E-state index < -0.39 is 37.3 Å². The molecule has 7 atom stereocenters. The Morgan fingerprint density at radius 3 is 2.26 bits per heavy atom. The van der Waals surface area contributed by atoms with Gasteiger partial charge >= 0.3 is 0 Å². The van der Waals surface area contributed by atoms with Crippen molar-refractivity contribution in [3.8, 4) is 28.7 Å². The number of methoxy groups -OCH3 is 1. The zero-order chi connectivity index (χ0) is 29.7. The first-order chi connectivity index (χ1) is 20.2. The topological polar surface area (TPSA) is 173 Å². The molecule has 7 N–H and O–H groups in total. The van der Waals surface area contributed by atoms with E-state index in [1.54, 1.807) is 30.3 Å². The van der Waals surface area contributed by atoms with E-state index in [1.165, 1.54) is 7.11 Å². The summed E-state index contributed by atoms with van der Waals surface area (Å²) in [4.78, 5) is 2.38. The molecule has 3 heterocycles. The van der Waals surface area contributed by atoms with Gasteiger partial charge in [-0.25, -0.2) is 0 Å². The molecule has 3 aliphatic rings. The first-order valence-corrected chi connectivity index (χ1v) is 13.9. The predicted molar refractivity (Wildman–Crippen MR) is 149 cm³/mol. The third-order valence-electron chi connectivity index (χ3n) is 8.69. The fraction of sp³-hybridized carbons (Fsp3) is 0.419. The van der Waals surface area contributed by atoms with Gasteiger partial charge < -0.3 is 50.0 Å². The van der Waals surface area contributed by atoms with E-state index in [-0.39, 0.29) is 35.1 Å². The number of aliphatic hydroxyl groups excluding tert-OH is 4. The standard InChI is InChI=1S/C31H35NO10/c1-40-25-12-19-16(10-23(25)35)6-7-32-21(8-15-2-4-18(34)5-3-15)20-13-26(24(36)11-17(20)9-22(19)32)41-31-30(39)29(38)28(37)27(14-33)42-31/h2-5,10-13,21-22,27-31,33-39H,6-9,14H2,1H3. The number of fused-ring (bicyclic) bond motifs is 4. The summed E-state index contributed by atoms with van der Waals surface area (Å²) < 4.78 is 16.8. The molecule has 0 bridgehead atoms. The number of phenolic OH excluding ortho intramolecular Hbond substituents is 3. The highest BCUT2D eigenvalue weighted by Gasteiger charge is 2.45. The second-order valence-corrected chi connectivity index (χ2v) is 11.2. The average Bonchev–Trinajstić information content (AvgIpc) is 2.98. The van der Waals surface area contributed by atoms with Crippen LogP contribution in [0.25, 0.3) is 0 Å². The zero-order valence-electron chi connectivity index (χ0n) is 23.0. The van der Waals surface area contributed by atoms with Gasteiger partial charge in [-0.15, -0.1) is 0 Å². The Labute approximate surface area is 242 Å². The van der Waals surface area contributed by atoms with Gasteiger partial charge in [-0.3, -0.25) is 4.90 Å². The Morgan fingerprint density at radius 1 is 0.857 bits per heavy atom. The van der Waals surface area contributed by atoms with Crippen LogP contribution in [0.2, 0.25) is 0 Å². The van der Waals surface area contributed by atoms with E-state index >= 15 is 0 Å². The lowest BCUT2D eigenvalue weighted by molar-refractivity contribution is -0.277. The maximum atomic E-state index is 11.0. The molecule has 3 aromatic carbocycles. The van der Waals surface area contributed by atoms with Crippen LogP contribution >= 0.6 is 0 Å². The monoisotopic (exact) mass is 581 g/mol. The molecule has 11 heteroatoms. The van der Waals surface area contributed by atoms with Gasteiger partial charge in [-0.1, -0.05) is 12.1 Å². The lowest BCUT2D eigenvalue weighted by Crippen LogP contribution is -2.60. The molecule has 6 rings (SSSR count). The van der Waals surface area contributed by atoms with Crippen molar-refractivity contribution in [3.63, 3.8) is 0 Å². The van der Waals surface area contributed by atoms with Gasteiger partial charge in [-0.2, -0.15) is 0 Å². The first kappa shape index (κ1) is 28.5. The summed E-state index contributed by atoms with van der Waals surface area (Å²) in [6.07, 6.45) is -5.52. The van der Waals surface area contributed by atoms with Crippen molar-refractivity contribution in [2.45, 2.75) is 62.1 Å². The summed E-state index contributed by atoms with van der Waals surface area (Å²) in [5.74, 6) is 0.481. The first-order valence-electron chi connectivity index (χ1n) is 13.9. The van der Waals surface area contributed by atoms with Crippen molar-refractivity contribution in [2.75, 3.05) is 20.3 Å². The molecular formula is C31H35NO10. The summed E-state index contributed by atoms with van der Waals surface area (Å²) in [5.41, 5.74) is 4.85. The van der Waals surface area contributed by atoms with E-state index in [4.69, 9.17) is 14.2 Å². The molecule has 224 valence electrons. The largest absolute Gasteiger partial charge is 0.508 e. The predicted octanol–water partition coefficient (Wildman–Crippen LogP) is 1.43. The maximum Gasteiger partial charge on any atom is 0.229 e. The van der Waals surface area contributed by atoms with Crippen LogP contribution in [0.3, 0.4) is 0 Å². The van der Waals surface area contributed by atoms with Crippen molar-refractivity contribution in [3.05, 3.63) is 76.3 Å². The van der Waals surface area contributed by atoms with E-state index in [0.29, 0.717) is 31.6 Å². The molecule has 0 spiro atoms. The molecule has 0 aliphatic carbocycles. The van der Waals surface area contributed by atoms with E-state index in [9.17, 15) is 35.7 Å². The Balaban J connectivity index is 1.39. The zero-order valence-corrected chi connectivity index (χ0v) is 23.0. The number of rotatable bonds is 6. The SMILES string of the molecule is COc1cc2c(cc1O)CCN1C(Cc3ccc(O)cc3)c3cc(OC4OC(CO)C(O)C(O)C4O)c(O)cc3CC21. The molecular weight excluding hydrogens is 546 g/mol. The second-order valence-electron chi connectivity index (χ2n) is 11.2. The highest BCUT2D eigenvalue weighted by molar-refractivity contribution is 5.53. The van der Waals surface area contributed by atoms with Gasteiger partial charge in [0, 0.05) is 18.6 Å². The number of phenols is 3. The van der Waals surface area contributed by atoms with Crippen LogP contribution in [0.5, 0.6) is 28.7 Å². The van der Waals surface area contributed by atoms with Crippen molar-refractivity contribution < 1.29 is 50.0 Å². The number of aromatic hydroxyl groups is 3. The quantitative estimate of drug-likeness (QED) is 0.225. The van der Waals surface area contributed by atoms with E-state index in [0.717, 1.165) is 27.8 Å². The van der Waals surface area contributed by atoms with Crippen LogP contribution < -0.4 is 9.47 Å². The molecule has 0 saturated carbocycles. The van der Waals surface area contributed by atoms with Gasteiger partial charge in [0.2, 0.25) is 6.29 Å². The summed E-state index contributed by atoms with van der Waals surface area (Å²) >= 11 is 0. The van der Waals surface area contributed by atoms with Crippen molar-refractivity contribution in [1.29, 1.82) is 0 Å². The minimum Gasteiger partial charge on any atom is -0.508 e. The van der Waals surface area contributed by atoms with Gasteiger partial charge in [0.05, 0.1) is 13.7 Å². The molecule has 3 aliphatic heterocycles. The summed E-state index contributed by atoms with van der Waals surface area (Å²) in [5, 5.41) is 71.7. The fourth-order valence-corrected chi connectivity index (χ4v) is 6.47. The number of nitrogens with zero attached hydrogens (tertiary/aromatic N) is 1. The van der Waals surface area contributed by atoms with Crippen molar-refractivity contribution >= 4 is 0 Å². The van der Waals surface area contributed by atoms with Gasteiger partial charge in [0.25, 0.3) is 0 Å². The van der Waals surface area contributed by atoms with Crippen molar-refractivity contribution in [2.24, 2.45) is 0 Å². The third-order valence-corrected chi connectivity index (χ3v) is 8.69. The number of hydrogen-bond acceptors (Lipinski definition) is 11. The smallest absolute Gasteiger partial charge is 0.229 e. The molecule has 1 fully saturated rings. The fourth-order valence-electron chi connectivity index (χ4n) is 6.47. The maximum absolute atomic E-state index is 11.0. The van der Waals surface area contributed by atoms with E-state index in [2.05, 4.69) is 4.90 Å². The average molecular weight is 582 g/mol. The van der Waals surface area contributed by atoms with Crippen LogP contribution in [0.1, 0.15) is 39.9 Å². The van der Waals surface area contributed by atoms with Crippen molar-refractivity contribution in [1.82, 2.24) is 4.90 Å². The highest BCUT2D eigenvalue weighted by Crippen LogP contribution is 2.49. The molecule has 0 amide bonds. The lowest BCUT2D eigenvalue weighted by atomic mass is 9.79. The highest BCUT2D eigenvalue weighted by atomic mass is 16.7. The number of benzene rings is 3. The van der Waals surface area contributed by atoms with Crippen LogP contribution in [-0.2, 0) is 24.0 Å². The Morgan fingerprint density at radius 2 is 1.55 bits per heavy atom. The normalized spacial score (nSPS) is 28.8. The van der Waals surface area contributed by atoms with Crippen LogP contribution in [-0.4, -0.2) is 91.6 Å². The van der Waals surface area contributed by atoms with Gasteiger partial charge in [0.1, 0.15) is 30.2 Å². The molecule has 11 nitrogen and oxygen atoms in total. The molecule has 0 radical (unpaired) electrons. The van der Waals surface area contributed by atoms with Crippen LogP contribution in [0, 0.1) is 0 Å². The second kappa shape index (κ2) is 11.3. The number of aliphatic hydroxyl groups is 4. The van der Waals surface area contributed by atoms with Crippen LogP contribution in [0.4, 0.5) is 0 Å². The Bertz CT molecular complexity index is 1440. The minimum absolute atomic E-state index is 0.0243. The summed E-state index contributed by atoms with van der Waals surface area (Å²) in [7, 11) is 1.51. The van der Waals surface area contributed by atoms with E-state index in [1.807, 2.05) is 18.2 Å². The van der Waals surface area contributed by atoms with Gasteiger partial charge in [0.15, 0.2) is 23.0 Å². The van der Waals surface area contributed by atoms with Gasteiger partial charge in [-0.05, 0) is 83.5 Å². The third kappa shape index (κ3) is 5.02. The van der Waals surface area contributed by atoms with Crippen LogP contribution in [0.15, 0.2) is 48.5 Å². The number of hydrogen-bond donors (Lipinski definition) is 7. The summed E-state index contributed by atoms with van der Waals surface area (Å²) in [6, 6.07) is 13.7. The number of ether oxygens (including phenoxy) is 3. The molecule has 0 aromatic heterocycles. The molecule has 7 unspecified atom stereocenters. The summed E-state index contributed by atoms with van der Waals surface area (Å²) in [6.45, 7) is 0.103. The molecule has 3 aromatic rings. The Kier molecular flexibility index (Phi) is 7.64. The molecule has 42 heavy (non-hydrogen) atoms.